The van der Waals surface area contributed by atoms with Gasteiger partial charge in [-0.3, -0.25) is 0 Å². The molecular formula is C13H30N2. The van der Waals surface area contributed by atoms with Crippen molar-refractivity contribution in [3.63, 3.8) is 0 Å². The zero-order valence-corrected chi connectivity index (χ0v) is 11.5. The Morgan fingerprint density at radius 1 is 1.20 bits per heavy atom. The van der Waals surface area contributed by atoms with E-state index in [1.807, 2.05) is 0 Å². The summed E-state index contributed by atoms with van der Waals surface area (Å²) in [4.78, 5) is 2.45. The third kappa shape index (κ3) is 6.91. The van der Waals surface area contributed by atoms with Crippen molar-refractivity contribution < 1.29 is 0 Å². The van der Waals surface area contributed by atoms with Gasteiger partial charge in [0.1, 0.15) is 0 Å². The minimum Gasteiger partial charge on any atom is -0.315 e. The molecule has 0 spiro atoms. The summed E-state index contributed by atoms with van der Waals surface area (Å²) < 4.78 is 0. The second kappa shape index (κ2) is 8.12. The van der Waals surface area contributed by atoms with E-state index >= 15 is 0 Å². The summed E-state index contributed by atoms with van der Waals surface area (Å²) in [5.74, 6) is 1.57. The van der Waals surface area contributed by atoms with Gasteiger partial charge in [-0.1, -0.05) is 34.1 Å². The Labute approximate surface area is 96.4 Å². The fraction of sp³-hybridized carbons (Fsp3) is 1.00. The highest BCUT2D eigenvalue weighted by Gasteiger charge is 2.15. The van der Waals surface area contributed by atoms with Crippen LogP contribution in [0.25, 0.3) is 0 Å². The smallest absolute Gasteiger partial charge is 0.0217 e. The Balaban J connectivity index is 3.85. The Morgan fingerprint density at radius 2 is 1.80 bits per heavy atom. The molecule has 0 heterocycles. The van der Waals surface area contributed by atoms with E-state index < -0.39 is 0 Å². The zero-order valence-electron chi connectivity index (χ0n) is 11.5. The van der Waals surface area contributed by atoms with Gasteiger partial charge < -0.3 is 10.2 Å². The molecule has 0 rings (SSSR count). The third-order valence-corrected chi connectivity index (χ3v) is 3.30. The Bertz CT molecular complexity index is 145. The summed E-state index contributed by atoms with van der Waals surface area (Å²) >= 11 is 0. The molecule has 0 aromatic heterocycles. The molecule has 0 fully saturated rings. The number of nitrogens with zero attached hydrogens (tertiary/aromatic N) is 1. The van der Waals surface area contributed by atoms with Gasteiger partial charge >= 0.3 is 0 Å². The number of rotatable bonds is 8. The SMILES string of the molecule is CCC(C)C(CN(C)CCC(C)C)NC. The maximum atomic E-state index is 3.43. The molecule has 2 unspecified atom stereocenters. The summed E-state index contributed by atoms with van der Waals surface area (Å²) in [6.07, 6.45) is 2.55. The third-order valence-electron chi connectivity index (χ3n) is 3.30. The Morgan fingerprint density at radius 3 is 2.20 bits per heavy atom. The van der Waals surface area contributed by atoms with E-state index in [2.05, 4.69) is 52.0 Å². The average Bonchev–Trinajstić information content (AvgIpc) is 2.21. The van der Waals surface area contributed by atoms with Gasteiger partial charge in [-0.25, -0.2) is 0 Å². The maximum absolute atomic E-state index is 3.43. The molecule has 92 valence electrons. The predicted molar refractivity (Wildman–Crippen MR) is 69.3 cm³/mol. The molecule has 0 aromatic rings. The summed E-state index contributed by atoms with van der Waals surface area (Å²) in [5, 5.41) is 3.43. The molecule has 0 saturated heterocycles. The topological polar surface area (TPSA) is 15.3 Å². The lowest BCUT2D eigenvalue weighted by molar-refractivity contribution is 0.242. The van der Waals surface area contributed by atoms with Gasteiger partial charge in [-0.2, -0.15) is 0 Å². The first-order valence-electron chi connectivity index (χ1n) is 6.37. The number of hydrogen-bond acceptors (Lipinski definition) is 2. The number of hydrogen-bond donors (Lipinski definition) is 1. The van der Waals surface area contributed by atoms with Gasteiger partial charge in [0.25, 0.3) is 0 Å². The van der Waals surface area contributed by atoms with Crippen LogP contribution in [0.4, 0.5) is 0 Å². The van der Waals surface area contributed by atoms with Gasteiger partial charge in [0.2, 0.25) is 0 Å². The predicted octanol–water partition coefficient (Wildman–Crippen LogP) is 2.60. The lowest BCUT2D eigenvalue weighted by Gasteiger charge is -2.28. The molecule has 2 heteroatoms. The van der Waals surface area contributed by atoms with Crippen molar-refractivity contribution in [2.75, 3.05) is 27.2 Å². The van der Waals surface area contributed by atoms with Crippen molar-refractivity contribution in [3.05, 3.63) is 0 Å². The van der Waals surface area contributed by atoms with Gasteiger partial charge in [-0.05, 0) is 38.9 Å². The molecule has 0 aliphatic carbocycles. The monoisotopic (exact) mass is 214 g/mol. The van der Waals surface area contributed by atoms with Gasteiger partial charge in [0.05, 0.1) is 0 Å². The first-order valence-corrected chi connectivity index (χ1v) is 6.37. The first kappa shape index (κ1) is 14.9. The largest absolute Gasteiger partial charge is 0.315 e. The molecule has 0 saturated carbocycles. The Kier molecular flexibility index (Phi) is 8.07. The van der Waals surface area contributed by atoms with E-state index in [9.17, 15) is 0 Å². The summed E-state index contributed by atoms with van der Waals surface area (Å²) in [7, 11) is 4.31. The lowest BCUT2D eigenvalue weighted by atomic mass is 9.99. The molecule has 2 atom stereocenters. The molecule has 0 aromatic carbocycles. The van der Waals surface area contributed by atoms with Crippen LogP contribution >= 0.6 is 0 Å². The van der Waals surface area contributed by atoms with Gasteiger partial charge in [0, 0.05) is 12.6 Å². The minimum absolute atomic E-state index is 0.632. The van der Waals surface area contributed by atoms with E-state index in [-0.39, 0.29) is 0 Å². The standard InChI is InChI=1S/C13H30N2/c1-7-12(4)13(14-5)10-15(6)9-8-11(2)3/h11-14H,7-10H2,1-6H3. The second-order valence-corrected chi connectivity index (χ2v) is 5.23. The second-order valence-electron chi connectivity index (χ2n) is 5.23. The summed E-state index contributed by atoms with van der Waals surface area (Å²) in [5.41, 5.74) is 0. The van der Waals surface area contributed by atoms with Crippen molar-refractivity contribution >= 4 is 0 Å². The summed E-state index contributed by atoms with van der Waals surface area (Å²) in [6.45, 7) is 11.6. The highest BCUT2D eigenvalue weighted by atomic mass is 15.1. The normalized spacial score (nSPS) is 16.0. The van der Waals surface area contributed by atoms with E-state index in [0.717, 1.165) is 18.4 Å². The molecule has 0 bridgehead atoms. The van der Waals surface area contributed by atoms with Crippen LogP contribution in [-0.4, -0.2) is 38.1 Å². The molecule has 0 amide bonds. The van der Waals surface area contributed by atoms with E-state index in [0.29, 0.717) is 6.04 Å². The van der Waals surface area contributed by atoms with Crippen LogP contribution in [-0.2, 0) is 0 Å². The molecule has 15 heavy (non-hydrogen) atoms. The maximum Gasteiger partial charge on any atom is 0.0217 e. The van der Waals surface area contributed by atoms with Crippen molar-refractivity contribution in [1.29, 1.82) is 0 Å². The van der Waals surface area contributed by atoms with E-state index in [4.69, 9.17) is 0 Å². The van der Waals surface area contributed by atoms with Crippen molar-refractivity contribution in [2.45, 2.75) is 46.6 Å². The highest BCUT2D eigenvalue weighted by Crippen LogP contribution is 2.09. The summed E-state index contributed by atoms with van der Waals surface area (Å²) in [6, 6.07) is 0.632. The number of nitrogens with one attached hydrogen (secondary N) is 1. The van der Waals surface area contributed by atoms with Crippen LogP contribution in [0.5, 0.6) is 0 Å². The lowest BCUT2D eigenvalue weighted by Crippen LogP contribution is -2.42. The number of likely N-dealkylation sites (N-methyl/N-ethyl adjacent to an activating group) is 2. The highest BCUT2D eigenvalue weighted by molar-refractivity contribution is 4.74. The van der Waals surface area contributed by atoms with Crippen LogP contribution in [0.3, 0.4) is 0 Å². The van der Waals surface area contributed by atoms with Crippen molar-refractivity contribution in [3.8, 4) is 0 Å². The Hall–Kier alpha value is -0.0800. The van der Waals surface area contributed by atoms with Crippen LogP contribution in [0.15, 0.2) is 0 Å². The first-order chi connectivity index (χ1) is 7.01. The molecule has 1 N–H and O–H groups in total. The zero-order chi connectivity index (χ0) is 11.8. The fourth-order valence-electron chi connectivity index (χ4n) is 1.75. The molecule has 0 aliphatic rings. The van der Waals surface area contributed by atoms with Crippen LogP contribution < -0.4 is 5.32 Å². The van der Waals surface area contributed by atoms with Gasteiger partial charge in [-0.15, -0.1) is 0 Å². The van der Waals surface area contributed by atoms with Crippen molar-refractivity contribution in [1.82, 2.24) is 10.2 Å². The van der Waals surface area contributed by atoms with Crippen LogP contribution in [0.1, 0.15) is 40.5 Å². The van der Waals surface area contributed by atoms with E-state index in [1.54, 1.807) is 0 Å². The molecule has 2 nitrogen and oxygen atoms in total. The quantitative estimate of drug-likeness (QED) is 0.668. The fourth-order valence-corrected chi connectivity index (χ4v) is 1.75. The molecule has 0 radical (unpaired) electrons. The minimum atomic E-state index is 0.632. The van der Waals surface area contributed by atoms with Crippen LogP contribution in [0.2, 0.25) is 0 Å². The van der Waals surface area contributed by atoms with E-state index in [1.165, 1.54) is 19.4 Å². The average molecular weight is 214 g/mol. The molecular weight excluding hydrogens is 184 g/mol. The van der Waals surface area contributed by atoms with Crippen molar-refractivity contribution in [2.24, 2.45) is 11.8 Å². The van der Waals surface area contributed by atoms with Crippen LogP contribution in [0, 0.1) is 11.8 Å². The van der Waals surface area contributed by atoms with Gasteiger partial charge in [0.15, 0.2) is 0 Å². The molecule has 0 aliphatic heterocycles.